The van der Waals surface area contributed by atoms with E-state index in [1.165, 1.54) is 5.56 Å². The molecular formula is C16H22N2O3. The summed E-state index contributed by atoms with van der Waals surface area (Å²) in [7, 11) is 0. The molecule has 21 heavy (non-hydrogen) atoms. The molecule has 1 unspecified atom stereocenters. The molecule has 2 rings (SSSR count). The van der Waals surface area contributed by atoms with Crippen LogP contribution >= 0.6 is 0 Å². The quantitative estimate of drug-likeness (QED) is 0.753. The molecule has 1 aromatic rings. The van der Waals surface area contributed by atoms with E-state index in [-0.39, 0.29) is 0 Å². The summed E-state index contributed by atoms with van der Waals surface area (Å²) in [6.07, 6.45) is 2.68. The molecule has 114 valence electrons. The second kappa shape index (κ2) is 6.61. The lowest BCUT2D eigenvalue weighted by atomic mass is 9.77. The number of hydrogen-bond acceptors (Lipinski definition) is 2. The number of amides is 2. The smallest absolute Gasteiger partial charge is 0.329 e. The Hall–Kier alpha value is -2.04. The fraction of sp³-hybridized carbons (Fsp3) is 0.500. The number of benzene rings is 1. The molecule has 1 atom stereocenters. The van der Waals surface area contributed by atoms with Gasteiger partial charge in [-0.15, -0.1) is 0 Å². The van der Waals surface area contributed by atoms with Gasteiger partial charge in [0.1, 0.15) is 5.54 Å². The second-order valence-corrected chi connectivity index (χ2v) is 5.72. The minimum atomic E-state index is -1.05. The lowest BCUT2D eigenvalue weighted by Crippen LogP contribution is -2.61. The Kier molecular flexibility index (Phi) is 4.83. The number of aliphatic carboxylic acids is 1. The molecule has 0 saturated heterocycles. The number of carboxylic acid groups (broad SMARTS) is 1. The molecule has 3 N–H and O–H groups in total. The first-order valence-electron chi connectivity index (χ1n) is 7.38. The molecule has 0 radical (unpaired) electrons. The normalized spacial score (nSPS) is 17.4. The number of urea groups is 1. The fourth-order valence-corrected chi connectivity index (χ4v) is 2.53. The van der Waals surface area contributed by atoms with Crippen LogP contribution in [0.15, 0.2) is 30.3 Å². The predicted molar refractivity (Wildman–Crippen MR) is 80.2 cm³/mol. The number of rotatable bonds is 6. The summed E-state index contributed by atoms with van der Waals surface area (Å²) in [6.45, 7) is 2.64. The zero-order chi connectivity index (χ0) is 15.3. The van der Waals surface area contributed by atoms with Gasteiger partial charge in [-0.25, -0.2) is 9.59 Å². The first kappa shape index (κ1) is 15.4. The summed E-state index contributed by atoms with van der Waals surface area (Å²) in [4.78, 5) is 23.0. The minimum absolute atomic E-state index is 0.351. The van der Waals surface area contributed by atoms with Gasteiger partial charge in [-0.2, -0.15) is 0 Å². The Labute approximate surface area is 124 Å². The van der Waals surface area contributed by atoms with Crippen LogP contribution in [0.2, 0.25) is 0 Å². The first-order chi connectivity index (χ1) is 10.0. The van der Waals surface area contributed by atoms with Crippen molar-refractivity contribution in [3.05, 3.63) is 35.9 Å². The Balaban J connectivity index is 1.73. The Morgan fingerprint density at radius 1 is 1.29 bits per heavy atom. The van der Waals surface area contributed by atoms with Crippen LogP contribution in [-0.4, -0.2) is 29.2 Å². The SMILES string of the molecule is CC(CCNC(=O)NC1(C(=O)O)CCC1)c1ccccc1. The molecule has 1 fully saturated rings. The number of carbonyl (C=O) groups excluding carboxylic acids is 1. The van der Waals surface area contributed by atoms with E-state index < -0.39 is 17.5 Å². The van der Waals surface area contributed by atoms with Gasteiger partial charge in [0.05, 0.1) is 0 Å². The van der Waals surface area contributed by atoms with Crippen LogP contribution < -0.4 is 10.6 Å². The van der Waals surface area contributed by atoms with E-state index in [1.54, 1.807) is 0 Å². The van der Waals surface area contributed by atoms with Gasteiger partial charge in [0.15, 0.2) is 0 Å². The van der Waals surface area contributed by atoms with Gasteiger partial charge in [-0.1, -0.05) is 37.3 Å². The van der Waals surface area contributed by atoms with Crippen LogP contribution in [0.3, 0.4) is 0 Å². The molecule has 0 aliphatic heterocycles. The third-order valence-electron chi connectivity index (χ3n) is 4.20. The molecule has 0 spiro atoms. The summed E-state index contributed by atoms with van der Waals surface area (Å²) in [5.74, 6) is -0.592. The molecule has 2 amide bonds. The van der Waals surface area contributed by atoms with Crippen molar-refractivity contribution in [1.29, 1.82) is 0 Å². The van der Waals surface area contributed by atoms with Gasteiger partial charge in [-0.05, 0) is 37.2 Å². The molecule has 5 nitrogen and oxygen atoms in total. The summed E-state index contributed by atoms with van der Waals surface area (Å²) < 4.78 is 0. The van der Waals surface area contributed by atoms with Crippen LogP contribution in [0.5, 0.6) is 0 Å². The summed E-state index contributed by atoms with van der Waals surface area (Å²) in [6, 6.07) is 9.72. The summed E-state index contributed by atoms with van der Waals surface area (Å²) in [5, 5.41) is 14.5. The van der Waals surface area contributed by atoms with Gasteiger partial charge in [0, 0.05) is 6.54 Å². The maximum Gasteiger partial charge on any atom is 0.329 e. The zero-order valence-electron chi connectivity index (χ0n) is 12.3. The highest BCUT2D eigenvalue weighted by molar-refractivity contribution is 5.87. The molecule has 1 saturated carbocycles. The minimum Gasteiger partial charge on any atom is -0.480 e. The highest BCUT2D eigenvalue weighted by Gasteiger charge is 2.45. The van der Waals surface area contributed by atoms with Gasteiger partial charge in [-0.3, -0.25) is 0 Å². The van der Waals surface area contributed by atoms with E-state index in [4.69, 9.17) is 5.11 Å². The Morgan fingerprint density at radius 3 is 2.48 bits per heavy atom. The van der Waals surface area contributed by atoms with Crippen molar-refractivity contribution >= 4 is 12.0 Å². The Morgan fingerprint density at radius 2 is 1.95 bits per heavy atom. The summed E-state index contributed by atoms with van der Waals surface area (Å²) in [5.41, 5.74) is 0.190. The lowest BCUT2D eigenvalue weighted by molar-refractivity contribution is -0.148. The molecule has 1 aliphatic carbocycles. The van der Waals surface area contributed by atoms with Crippen molar-refractivity contribution in [3.63, 3.8) is 0 Å². The third kappa shape index (κ3) is 3.74. The van der Waals surface area contributed by atoms with Gasteiger partial charge in [0.2, 0.25) is 0 Å². The monoisotopic (exact) mass is 290 g/mol. The maximum atomic E-state index is 11.8. The van der Waals surface area contributed by atoms with E-state index in [9.17, 15) is 9.59 Å². The molecule has 5 heteroatoms. The van der Waals surface area contributed by atoms with Gasteiger partial charge < -0.3 is 15.7 Å². The maximum absolute atomic E-state index is 11.8. The molecule has 1 aliphatic rings. The highest BCUT2D eigenvalue weighted by atomic mass is 16.4. The molecule has 0 aromatic heterocycles. The van der Waals surface area contributed by atoms with Crippen molar-refractivity contribution in [2.45, 2.75) is 44.1 Å². The van der Waals surface area contributed by atoms with Crippen molar-refractivity contribution in [1.82, 2.24) is 10.6 Å². The zero-order valence-corrected chi connectivity index (χ0v) is 12.3. The van der Waals surface area contributed by atoms with E-state index in [0.717, 1.165) is 12.8 Å². The standard InChI is InChI=1S/C16H22N2O3/c1-12(13-6-3-2-4-7-13)8-11-17-15(21)18-16(14(19)20)9-5-10-16/h2-4,6-7,12H,5,8-11H2,1H3,(H,19,20)(H2,17,18,21). The molecule has 0 bridgehead atoms. The second-order valence-electron chi connectivity index (χ2n) is 5.72. The topological polar surface area (TPSA) is 78.4 Å². The number of carboxylic acids is 1. The van der Waals surface area contributed by atoms with E-state index >= 15 is 0 Å². The van der Waals surface area contributed by atoms with Crippen LogP contribution in [0, 0.1) is 0 Å². The molecular weight excluding hydrogens is 268 g/mol. The van der Waals surface area contributed by atoms with Crippen molar-refractivity contribution in [3.8, 4) is 0 Å². The lowest BCUT2D eigenvalue weighted by Gasteiger charge is -2.38. The van der Waals surface area contributed by atoms with E-state index in [2.05, 4.69) is 29.7 Å². The number of hydrogen-bond donors (Lipinski definition) is 3. The fourth-order valence-electron chi connectivity index (χ4n) is 2.53. The first-order valence-corrected chi connectivity index (χ1v) is 7.38. The van der Waals surface area contributed by atoms with Crippen LogP contribution in [0.1, 0.15) is 44.1 Å². The average molecular weight is 290 g/mol. The van der Waals surface area contributed by atoms with Gasteiger partial charge in [0.25, 0.3) is 0 Å². The van der Waals surface area contributed by atoms with Crippen molar-refractivity contribution < 1.29 is 14.7 Å². The van der Waals surface area contributed by atoms with Crippen molar-refractivity contribution in [2.75, 3.05) is 6.54 Å². The highest BCUT2D eigenvalue weighted by Crippen LogP contribution is 2.31. The summed E-state index contributed by atoms with van der Waals surface area (Å²) >= 11 is 0. The average Bonchev–Trinajstić information content (AvgIpc) is 2.43. The van der Waals surface area contributed by atoms with Crippen LogP contribution in [-0.2, 0) is 4.79 Å². The van der Waals surface area contributed by atoms with Gasteiger partial charge >= 0.3 is 12.0 Å². The van der Waals surface area contributed by atoms with Crippen LogP contribution in [0.25, 0.3) is 0 Å². The third-order valence-corrected chi connectivity index (χ3v) is 4.20. The van der Waals surface area contributed by atoms with E-state index in [1.807, 2.05) is 18.2 Å². The Bertz CT molecular complexity index is 498. The van der Waals surface area contributed by atoms with Crippen molar-refractivity contribution in [2.24, 2.45) is 0 Å². The molecule has 1 aromatic carbocycles. The van der Waals surface area contributed by atoms with E-state index in [0.29, 0.717) is 25.3 Å². The number of nitrogens with one attached hydrogen (secondary N) is 2. The molecule has 0 heterocycles. The predicted octanol–water partition coefficient (Wildman–Crippen LogP) is 2.49. The van der Waals surface area contributed by atoms with Crippen LogP contribution in [0.4, 0.5) is 4.79 Å². The number of carbonyl (C=O) groups is 2. The largest absolute Gasteiger partial charge is 0.480 e.